The van der Waals surface area contributed by atoms with E-state index in [2.05, 4.69) is 10.2 Å². The molecule has 2 heterocycles. The minimum Gasteiger partial charge on any atom is -0.394 e. The maximum Gasteiger partial charge on any atom is 0.272 e. The van der Waals surface area contributed by atoms with Crippen LogP contribution in [0.25, 0.3) is 11.3 Å². The number of carbonyl (C=O) groups excluding carboxylic acids is 1. The smallest absolute Gasteiger partial charge is 0.272 e. The van der Waals surface area contributed by atoms with Gasteiger partial charge in [-0.2, -0.15) is 5.10 Å². The fourth-order valence-corrected chi connectivity index (χ4v) is 2.64. The molecule has 1 amide bonds. The van der Waals surface area contributed by atoms with Crippen molar-refractivity contribution < 1.29 is 9.90 Å². The summed E-state index contributed by atoms with van der Waals surface area (Å²) in [6.07, 6.45) is 1.80. The van der Waals surface area contributed by atoms with Crippen LogP contribution in [0.2, 0.25) is 0 Å². The molecule has 2 aromatic rings. The third kappa shape index (κ3) is 2.32. The zero-order valence-electron chi connectivity index (χ0n) is 11.1. The second-order valence-electron chi connectivity index (χ2n) is 5.01. The molecule has 5 heteroatoms. The Bertz CT molecular complexity index is 594. The van der Waals surface area contributed by atoms with Gasteiger partial charge >= 0.3 is 0 Å². The van der Waals surface area contributed by atoms with Crippen molar-refractivity contribution in [3.63, 3.8) is 0 Å². The number of H-pyrrole nitrogens is 1. The molecule has 0 radical (unpaired) electrons. The number of benzene rings is 1. The van der Waals surface area contributed by atoms with E-state index in [4.69, 9.17) is 0 Å². The first-order valence-corrected chi connectivity index (χ1v) is 6.82. The van der Waals surface area contributed by atoms with E-state index in [0.29, 0.717) is 12.2 Å². The van der Waals surface area contributed by atoms with Gasteiger partial charge in [-0.3, -0.25) is 9.89 Å². The molecule has 0 saturated carbocycles. The van der Waals surface area contributed by atoms with E-state index in [-0.39, 0.29) is 18.6 Å². The molecule has 5 nitrogen and oxygen atoms in total. The average molecular weight is 271 g/mol. The fraction of sp³-hybridized carbons (Fsp3) is 0.333. The van der Waals surface area contributed by atoms with Crippen molar-refractivity contribution in [1.82, 2.24) is 15.1 Å². The van der Waals surface area contributed by atoms with Gasteiger partial charge in [-0.1, -0.05) is 30.3 Å². The lowest BCUT2D eigenvalue weighted by Crippen LogP contribution is -2.37. The van der Waals surface area contributed by atoms with Crippen LogP contribution >= 0.6 is 0 Å². The summed E-state index contributed by atoms with van der Waals surface area (Å²) in [5.41, 5.74) is 2.21. The van der Waals surface area contributed by atoms with Crippen LogP contribution in [0, 0.1) is 0 Å². The number of carbonyl (C=O) groups is 1. The number of aliphatic hydroxyl groups is 1. The van der Waals surface area contributed by atoms with Crippen molar-refractivity contribution in [3.8, 4) is 11.3 Å². The molecule has 1 fully saturated rings. The van der Waals surface area contributed by atoms with Crippen molar-refractivity contribution in [2.24, 2.45) is 0 Å². The van der Waals surface area contributed by atoms with Gasteiger partial charge in [-0.25, -0.2) is 0 Å². The molecule has 1 aliphatic heterocycles. The summed E-state index contributed by atoms with van der Waals surface area (Å²) in [4.78, 5) is 14.1. The SMILES string of the molecule is O=C(c1cc(-c2ccccc2)n[nH]1)N1CCC[C@H]1CO. The summed E-state index contributed by atoms with van der Waals surface area (Å²) in [6, 6.07) is 11.4. The molecule has 2 N–H and O–H groups in total. The van der Waals surface area contributed by atoms with Crippen molar-refractivity contribution in [2.45, 2.75) is 18.9 Å². The highest BCUT2D eigenvalue weighted by Gasteiger charge is 2.29. The number of aliphatic hydroxyl groups excluding tert-OH is 1. The number of nitrogens with zero attached hydrogens (tertiary/aromatic N) is 2. The largest absolute Gasteiger partial charge is 0.394 e. The zero-order chi connectivity index (χ0) is 13.9. The Morgan fingerprint density at radius 1 is 1.40 bits per heavy atom. The first kappa shape index (κ1) is 12.9. The number of nitrogens with one attached hydrogen (secondary N) is 1. The molecule has 20 heavy (non-hydrogen) atoms. The van der Waals surface area contributed by atoms with Gasteiger partial charge in [0.2, 0.25) is 0 Å². The van der Waals surface area contributed by atoms with Gasteiger partial charge in [-0.15, -0.1) is 0 Å². The first-order valence-electron chi connectivity index (χ1n) is 6.82. The Kier molecular flexibility index (Phi) is 3.52. The highest BCUT2D eigenvalue weighted by Crippen LogP contribution is 2.21. The highest BCUT2D eigenvalue weighted by atomic mass is 16.3. The van der Waals surface area contributed by atoms with Crippen LogP contribution in [0.1, 0.15) is 23.3 Å². The lowest BCUT2D eigenvalue weighted by molar-refractivity contribution is 0.0671. The van der Waals surface area contributed by atoms with Crippen LogP contribution in [0.3, 0.4) is 0 Å². The van der Waals surface area contributed by atoms with Gasteiger partial charge < -0.3 is 10.0 Å². The molecular formula is C15H17N3O2. The summed E-state index contributed by atoms with van der Waals surface area (Å²) >= 11 is 0. The summed E-state index contributed by atoms with van der Waals surface area (Å²) in [5.74, 6) is -0.0868. The van der Waals surface area contributed by atoms with Crippen molar-refractivity contribution in [3.05, 3.63) is 42.1 Å². The van der Waals surface area contributed by atoms with Crippen LogP contribution in [0.5, 0.6) is 0 Å². The summed E-state index contributed by atoms with van der Waals surface area (Å²) in [5, 5.41) is 16.3. The second-order valence-corrected chi connectivity index (χ2v) is 5.01. The quantitative estimate of drug-likeness (QED) is 0.892. The van der Waals surface area contributed by atoms with E-state index >= 15 is 0 Å². The third-order valence-corrected chi connectivity index (χ3v) is 3.73. The van der Waals surface area contributed by atoms with Gasteiger partial charge in [0.1, 0.15) is 5.69 Å². The third-order valence-electron chi connectivity index (χ3n) is 3.73. The summed E-state index contributed by atoms with van der Waals surface area (Å²) in [6.45, 7) is 0.717. The van der Waals surface area contributed by atoms with Gasteiger partial charge in [0.25, 0.3) is 5.91 Å². The number of amides is 1. The minimum absolute atomic E-state index is 0.0193. The minimum atomic E-state index is -0.0868. The molecule has 0 unspecified atom stereocenters. The second kappa shape index (κ2) is 5.46. The van der Waals surface area contributed by atoms with Gasteiger partial charge in [0.05, 0.1) is 18.3 Å². The van der Waals surface area contributed by atoms with E-state index in [1.54, 1.807) is 11.0 Å². The number of aromatic amines is 1. The normalized spacial score (nSPS) is 18.4. The lowest BCUT2D eigenvalue weighted by Gasteiger charge is -2.21. The highest BCUT2D eigenvalue weighted by molar-refractivity contribution is 5.93. The van der Waals surface area contributed by atoms with Crippen LogP contribution in [-0.4, -0.2) is 45.3 Å². The Morgan fingerprint density at radius 3 is 2.95 bits per heavy atom. The number of aromatic nitrogens is 2. The van der Waals surface area contributed by atoms with Gasteiger partial charge in [0.15, 0.2) is 0 Å². The molecule has 3 rings (SSSR count). The number of likely N-dealkylation sites (tertiary alicyclic amines) is 1. The molecule has 0 spiro atoms. The maximum absolute atomic E-state index is 12.4. The molecule has 1 aromatic carbocycles. The van der Waals surface area contributed by atoms with Crippen molar-refractivity contribution >= 4 is 5.91 Å². The van der Waals surface area contributed by atoms with Gasteiger partial charge in [0, 0.05) is 12.1 Å². The standard InChI is InChI=1S/C15H17N3O2/c19-10-12-7-4-8-18(12)15(20)14-9-13(16-17-14)11-5-2-1-3-6-11/h1-3,5-6,9,12,19H,4,7-8,10H2,(H,16,17)/t12-/m0/s1. The predicted octanol–water partition coefficient (Wildman–Crippen LogP) is 1.67. The molecule has 1 saturated heterocycles. The first-order chi connectivity index (χ1) is 9.79. The maximum atomic E-state index is 12.4. The molecule has 104 valence electrons. The lowest BCUT2D eigenvalue weighted by atomic mass is 10.1. The Hall–Kier alpha value is -2.14. The van der Waals surface area contributed by atoms with Gasteiger partial charge in [-0.05, 0) is 18.9 Å². The molecule has 0 bridgehead atoms. The Labute approximate surface area is 117 Å². The van der Waals surface area contributed by atoms with E-state index in [0.717, 1.165) is 24.1 Å². The summed E-state index contributed by atoms with van der Waals surface area (Å²) < 4.78 is 0. The fourth-order valence-electron chi connectivity index (χ4n) is 2.64. The van der Waals surface area contributed by atoms with E-state index in [9.17, 15) is 9.90 Å². The number of hydrogen-bond donors (Lipinski definition) is 2. The molecule has 1 atom stereocenters. The van der Waals surface area contributed by atoms with E-state index in [1.807, 2.05) is 30.3 Å². The summed E-state index contributed by atoms with van der Waals surface area (Å²) in [7, 11) is 0. The number of hydrogen-bond acceptors (Lipinski definition) is 3. The molecule has 1 aliphatic rings. The van der Waals surface area contributed by atoms with Crippen LogP contribution in [0.4, 0.5) is 0 Å². The monoisotopic (exact) mass is 271 g/mol. The average Bonchev–Trinajstić information content (AvgIpc) is 3.16. The molecule has 1 aromatic heterocycles. The Morgan fingerprint density at radius 2 is 2.20 bits per heavy atom. The van der Waals surface area contributed by atoms with Crippen LogP contribution in [-0.2, 0) is 0 Å². The van der Waals surface area contributed by atoms with Crippen molar-refractivity contribution in [2.75, 3.05) is 13.2 Å². The van der Waals surface area contributed by atoms with E-state index in [1.165, 1.54) is 0 Å². The predicted molar refractivity (Wildman–Crippen MR) is 75.2 cm³/mol. The van der Waals surface area contributed by atoms with Crippen molar-refractivity contribution in [1.29, 1.82) is 0 Å². The van der Waals surface area contributed by atoms with Crippen LogP contribution < -0.4 is 0 Å². The molecular weight excluding hydrogens is 254 g/mol. The number of rotatable bonds is 3. The van der Waals surface area contributed by atoms with Crippen LogP contribution in [0.15, 0.2) is 36.4 Å². The Balaban J connectivity index is 1.82. The zero-order valence-corrected chi connectivity index (χ0v) is 11.1. The topological polar surface area (TPSA) is 69.2 Å². The molecule has 0 aliphatic carbocycles. The van der Waals surface area contributed by atoms with E-state index < -0.39 is 0 Å².